The second-order valence-corrected chi connectivity index (χ2v) is 9.83. The first kappa shape index (κ1) is 18.1. The second kappa shape index (κ2) is 6.84. The molecule has 0 aliphatic carbocycles. The highest BCUT2D eigenvalue weighted by atomic mass is 32.2. The van der Waals surface area contributed by atoms with Crippen LogP contribution in [0.1, 0.15) is 5.56 Å². The van der Waals surface area contributed by atoms with E-state index in [-0.39, 0.29) is 6.54 Å². The van der Waals surface area contributed by atoms with E-state index < -0.39 is 10.0 Å². The molecule has 0 amide bonds. The van der Waals surface area contributed by atoms with E-state index in [1.54, 1.807) is 23.7 Å². The van der Waals surface area contributed by atoms with Crippen LogP contribution in [0, 0.1) is 0 Å². The summed E-state index contributed by atoms with van der Waals surface area (Å²) in [5.41, 5.74) is 4.87. The Hall–Kier alpha value is -2.94. The van der Waals surface area contributed by atoms with Crippen LogP contribution < -0.4 is 4.72 Å². The van der Waals surface area contributed by atoms with Crippen molar-refractivity contribution in [2.75, 3.05) is 0 Å². The van der Waals surface area contributed by atoms with Gasteiger partial charge in [-0.1, -0.05) is 12.1 Å². The van der Waals surface area contributed by atoms with E-state index in [2.05, 4.69) is 31.5 Å². The highest BCUT2D eigenvalue weighted by Gasteiger charge is 2.16. The molecule has 4 heterocycles. The largest absolute Gasteiger partial charge is 0.350 e. The predicted molar refractivity (Wildman–Crippen MR) is 116 cm³/mol. The number of aryl methyl sites for hydroxylation is 1. The number of rotatable bonds is 5. The molecule has 0 bridgehead atoms. The molecular weight excluding hydrogens is 404 g/mol. The number of nitrogens with zero attached hydrogens (tertiary/aromatic N) is 2. The Bertz CT molecular complexity index is 1400. The standard InChI is InChI=1S/C21H18N4O2S2/c1-25-13-17(18-11-15-4-2-8-22-21(15)24-18)16-10-14(6-7-19(16)25)12-23-29(26,27)20-5-3-9-28-20/h2-11,13,23H,12H2,1H3,(H,22,24). The summed E-state index contributed by atoms with van der Waals surface area (Å²) in [6.07, 6.45) is 3.85. The minimum absolute atomic E-state index is 0.235. The van der Waals surface area contributed by atoms with Gasteiger partial charge >= 0.3 is 0 Å². The van der Waals surface area contributed by atoms with Crippen molar-refractivity contribution in [1.82, 2.24) is 19.3 Å². The zero-order chi connectivity index (χ0) is 20.0. The summed E-state index contributed by atoms with van der Waals surface area (Å²) in [6, 6.07) is 15.4. The maximum absolute atomic E-state index is 12.4. The molecule has 0 saturated heterocycles. The first-order chi connectivity index (χ1) is 14.0. The number of benzene rings is 1. The lowest BCUT2D eigenvalue weighted by atomic mass is 10.1. The first-order valence-electron chi connectivity index (χ1n) is 9.06. The van der Waals surface area contributed by atoms with E-state index in [9.17, 15) is 8.42 Å². The summed E-state index contributed by atoms with van der Waals surface area (Å²) in [5, 5.41) is 3.87. The van der Waals surface area contributed by atoms with Gasteiger partial charge < -0.3 is 9.55 Å². The van der Waals surface area contributed by atoms with Crippen LogP contribution in [0.4, 0.5) is 0 Å². The normalized spacial score (nSPS) is 12.2. The van der Waals surface area contributed by atoms with Crippen molar-refractivity contribution in [2.45, 2.75) is 10.8 Å². The molecule has 0 aliphatic heterocycles. The minimum Gasteiger partial charge on any atom is -0.350 e. The van der Waals surface area contributed by atoms with Crippen molar-refractivity contribution in [3.05, 3.63) is 71.9 Å². The van der Waals surface area contributed by atoms with Crippen molar-refractivity contribution in [3.8, 4) is 11.3 Å². The van der Waals surface area contributed by atoms with Crippen molar-refractivity contribution in [1.29, 1.82) is 0 Å². The number of hydrogen-bond acceptors (Lipinski definition) is 4. The van der Waals surface area contributed by atoms with Gasteiger partial charge in [0, 0.05) is 53.5 Å². The van der Waals surface area contributed by atoms with Gasteiger partial charge in [0.1, 0.15) is 9.86 Å². The summed E-state index contributed by atoms with van der Waals surface area (Å²) in [4.78, 5) is 7.75. The highest BCUT2D eigenvalue weighted by molar-refractivity contribution is 7.91. The van der Waals surface area contributed by atoms with Gasteiger partial charge in [0.15, 0.2) is 0 Å². The van der Waals surface area contributed by atoms with E-state index in [0.717, 1.165) is 38.8 Å². The second-order valence-electron chi connectivity index (χ2n) is 6.89. The summed E-state index contributed by atoms with van der Waals surface area (Å²) >= 11 is 1.21. The topological polar surface area (TPSA) is 79.8 Å². The molecule has 1 aromatic carbocycles. The molecule has 0 saturated carbocycles. The molecule has 0 spiro atoms. The van der Waals surface area contributed by atoms with Crippen molar-refractivity contribution >= 4 is 43.3 Å². The molecule has 0 unspecified atom stereocenters. The van der Waals surface area contributed by atoms with E-state index in [1.807, 2.05) is 37.4 Å². The van der Waals surface area contributed by atoms with Crippen LogP contribution >= 0.6 is 11.3 Å². The number of hydrogen-bond donors (Lipinski definition) is 2. The molecule has 6 nitrogen and oxygen atoms in total. The molecule has 5 rings (SSSR count). The lowest BCUT2D eigenvalue weighted by Gasteiger charge is -2.06. The molecule has 0 radical (unpaired) electrons. The van der Waals surface area contributed by atoms with Gasteiger partial charge in [-0.2, -0.15) is 0 Å². The van der Waals surface area contributed by atoms with E-state index in [1.165, 1.54) is 11.3 Å². The average molecular weight is 423 g/mol. The fourth-order valence-corrected chi connectivity index (χ4v) is 5.59. The maximum Gasteiger partial charge on any atom is 0.250 e. The lowest BCUT2D eigenvalue weighted by Crippen LogP contribution is -2.22. The lowest BCUT2D eigenvalue weighted by molar-refractivity contribution is 0.583. The number of aromatic nitrogens is 3. The average Bonchev–Trinajstić information content (AvgIpc) is 3.45. The van der Waals surface area contributed by atoms with Gasteiger partial charge in [-0.25, -0.2) is 18.1 Å². The predicted octanol–water partition coefficient (Wildman–Crippen LogP) is 4.26. The summed E-state index contributed by atoms with van der Waals surface area (Å²) < 4.78 is 29.9. The molecular formula is C21H18N4O2S2. The number of aromatic amines is 1. The van der Waals surface area contributed by atoms with Crippen LogP contribution in [0.15, 0.2) is 70.5 Å². The Morgan fingerprint density at radius 1 is 1.17 bits per heavy atom. The SMILES string of the molecule is Cn1cc(-c2cc3cccnc3[nH]2)c2cc(CNS(=O)(=O)c3cccs3)ccc21. The third kappa shape index (κ3) is 3.25. The summed E-state index contributed by atoms with van der Waals surface area (Å²) in [5.74, 6) is 0. The van der Waals surface area contributed by atoms with Gasteiger partial charge in [0.25, 0.3) is 0 Å². The molecule has 5 aromatic rings. The number of sulfonamides is 1. The number of H-pyrrole nitrogens is 1. The molecule has 0 aliphatic rings. The molecule has 8 heteroatoms. The van der Waals surface area contributed by atoms with Gasteiger partial charge in [-0.15, -0.1) is 11.3 Å². The van der Waals surface area contributed by atoms with Gasteiger partial charge in [-0.3, -0.25) is 0 Å². The molecule has 0 fully saturated rings. The zero-order valence-electron chi connectivity index (χ0n) is 15.6. The molecule has 29 heavy (non-hydrogen) atoms. The zero-order valence-corrected chi connectivity index (χ0v) is 17.2. The van der Waals surface area contributed by atoms with E-state index in [4.69, 9.17) is 0 Å². The summed E-state index contributed by atoms with van der Waals surface area (Å²) in [7, 11) is -1.49. The Labute approximate surface area is 171 Å². The Balaban J connectivity index is 1.52. The number of fused-ring (bicyclic) bond motifs is 2. The van der Waals surface area contributed by atoms with Crippen LogP contribution in [-0.4, -0.2) is 23.0 Å². The molecule has 146 valence electrons. The van der Waals surface area contributed by atoms with Crippen LogP contribution in [0.5, 0.6) is 0 Å². The van der Waals surface area contributed by atoms with Gasteiger partial charge in [-0.05, 0) is 47.3 Å². The first-order valence-corrected chi connectivity index (χ1v) is 11.4. The molecule has 2 N–H and O–H groups in total. The van der Waals surface area contributed by atoms with E-state index >= 15 is 0 Å². The van der Waals surface area contributed by atoms with E-state index in [0.29, 0.717) is 4.21 Å². The maximum atomic E-state index is 12.4. The number of thiophene rings is 1. The fraction of sp³-hybridized carbons (Fsp3) is 0.0952. The van der Waals surface area contributed by atoms with Crippen molar-refractivity contribution in [3.63, 3.8) is 0 Å². The number of pyridine rings is 1. The quantitative estimate of drug-likeness (QED) is 0.444. The molecule has 4 aromatic heterocycles. The monoisotopic (exact) mass is 422 g/mol. The minimum atomic E-state index is -3.49. The highest BCUT2D eigenvalue weighted by Crippen LogP contribution is 2.32. The van der Waals surface area contributed by atoms with Crippen LogP contribution in [-0.2, 0) is 23.6 Å². The Morgan fingerprint density at radius 3 is 2.86 bits per heavy atom. The third-order valence-corrected chi connectivity index (χ3v) is 7.76. The van der Waals surface area contributed by atoms with Crippen LogP contribution in [0.3, 0.4) is 0 Å². The van der Waals surface area contributed by atoms with Gasteiger partial charge in [0.2, 0.25) is 10.0 Å². The number of nitrogens with one attached hydrogen (secondary N) is 2. The van der Waals surface area contributed by atoms with Crippen molar-refractivity contribution in [2.24, 2.45) is 7.05 Å². The van der Waals surface area contributed by atoms with Crippen LogP contribution in [0.25, 0.3) is 33.2 Å². The Kier molecular flexibility index (Phi) is 4.27. The third-order valence-electron chi connectivity index (χ3n) is 4.96. The Morgan fingerprint density at radius 2 is 2.07 bits per heavy atom. The van der Waals surface area contributed by atoms with Crippen LogP contribution in [0.2, 0.25) is 0 Å². The smallest absolute Gasteiger partial charge is 0.250 e. The fourth-order valence-electron chi connectivity index (χ4n) is 3.53. The van der Waals surface area contributed by atoms with Crippen molar-refractivity contribution < 1.29 is 8.42 Å². The molecule has 0 atom stereocenters. The summed E-state index contributed by atoms with van der Waals surface area (Å²) in [6.45, 7) is 0.235. The van der Waals surface area contributed by atoms with Gasteiger partial charge in [0.05, 0.1) is 0 Å².